The van der Waals surface area contributed by atoms with E-state index in [1.165, 1.54) is 0 Å². The summed E-state index contributed by atoms with van der Waals surface area (Å²) in [6.07, 6.45) is 7.64. The molecule has 2 rings (SSSR count). The molecule has 5 nitrogen and oxygen atoms in total. The van der Waals surface area contributed by atoms with E-state index in [1.54, 1.807) is 18.4 Å². The van der Waals surface area contributed by atoms with Crippen LogP contribution in [0.1, 0.15) is 37.9 Å². The molecule has 3 N–H and O–H groups in total. The largest absolute Gasteiger partial charge is 0.385 e. The Morgan fingerprint density at radius 1 is 1.64 bits per heavy atom. The molecular formula is C18H29ClN4OS. The summed E-state index contributed by atoms with van der Waals surface area (Å²) in [6.45, 7) is 6.56. The Morgan fingerprint density at radius 3 is 3.00 bits per heavy atom. The Hall–Kier alpha value is -0.760. The topological polar surface area (TPSA) is 63.4 Å². The van der Waals surface area contributed by atoms with Gasteiger partial charge in [-0.15, -0.1) is 11.3 Å². The number of likely N-dealkylation sites (tertiary alicyclic amines) is 1. The van der Waals surface area contributed by atoms with Crippen molar-refractivity contribution in [3.8, 4) is 0 Å². The number of hydrogen-bond donors (Lipinski definition) is 2. The van der Waals surface area contributed by atoms with Gasteiger partial charge in [-0.05, 0) is 38.3 Å². The van der Waals surface area contributed by atoms with Crippen molar-refractivity contribution in [2.45, 2.75) is 44.9 Å². The summed E-state index contributed by atoms with van der Waals surface area (Å²) >= 11 is 8.13. The van der Waals surface area contributed by atoms with Crippen molar-refractivity contribution < 1.29 is 4.74 Å². The van der Waals surface area contributed by atoms with Gasteiger partial charge in [0.15, 0.2) is 0 Å². The Kier molecular flexibility index (Phi) is 8.55. The van der Waals surface area contributed by atoms with Crippen molar-refractivity contribution in [2.24, 2.45) is 5.73 Å². The highest BCUT2D eigenvalue weighted by Gasteiger charge is 2.31. The fraction of sp³-hybridized carbons (Fsp3) is 0.611. The zero-order valence-electron chi connectivity index (χ0n) is 15.2. The quantitative estimate of drug-likeness (QED) is 0.640. The molecule has 2 unspecified atom stereocenters. The molecule has 1 saturated heterocycles. The highest BCUT2D eigenvalue weighted by molar-refractivity contribution is 7.09. The molecule has 0 bridgehead atoms. The predicted molar refractivity (Wildman–Crippen MR) is 106 cm³/mol. The molecule has 1 aromatic heterocycles. The molecular weight excluding hydrogens is 356 g/mol. The van der Waals surface area contributed by atoms with Crippen LogP contribution in [0, 0.1) is 0 Å². The molecule has 2 heterocycles. The van der Waals surface area contributed by atoms with E-state index < -0.39 is 0 Å². The van der Waals surface area contributed by atoms with Crippen LogP contribution in [0.2, 0.25) is 0 Å². The standard InChI is InChI=1S/C18H29ClN4OS/c1-4-5-15(19)13(2)16(7-10-24-3)22-17(18-21-8-11-25-18)23-9-6-14(20)12-23/h4-5,8,11,14,16-17,22H,6-7,9-10,12,20H2,1-3H3/b5-4-,15-13-/t14-,16?,17?/m0/s1. The van der Waals surface area contributed by atoms with Gasteiger partial charge in [0.2, 0.25) is 0 Å². The summed E-state index contributed by atoms with van der Waals surface area (Å²) in [6, 6.07) is 0.333. The molecule has 25 heavy (non-hydrogen) atoms. The first-order valence-electron chi connectivity index (χ1n) is 8.69. The Morgan fingerprint density at radius 2 is 2.44 bits per heavy atom. The van der Waals surface area contributed by atoms with E-state index in [1.807, 2.05) is 30.7 Å². The monoisotopic (exact) mass is 384 g/mol. The molecule has 0 radical (unpaired) electrons. The number of ether oxygens (including phenoxy) is 1. The molecule has 0 amide bonds. The highest BCUT2D eigenvalue weighted by atomic mass is 35.5. The number of nitrogens with zero attached hydrogens (tertiary/aromatic N) is 2. The lowest BCUT2D eigenvalue weighted by Gasteiger charge is -2.32. The third-order valence-electron chi connectivity index (χ3n) is 4.49. The third-order valence-corrected chi connectivity index (χ3v) is 5.74. The Labute approximate surface area is 159 Å². The molecule has 1 fully saturated rings. The van der Waals surface area contributed by atoms with Gasteiger partial charge in [-0.25, -0.2) is 4.98 Å². The average molecular weight is 385 g/mol. The van der Waals surface area contributed by atoms with Crippen LogP contribution in [0.15, 0.2) is 34.3 Å². The third kappa shape index (κ3) is 5.88. The van der Waals surface area contributed by atoms with Crippen LogP contribution < -0.4 is 11.1 Å². The minimum absolute atomic E-state index is 0.0421. The van der Waals surface area contributed by atoms with Gasteiger partial charge in [0.05, 0.1) is 0 Å². The maximum Gasteiger partial charge on any atom is 0.124 e. The van der Waals surface area contributed by atoms with Gasteiger partial charge in [-0.2, -0.15) is 0 Å². The number of allylic oxidation sites excluding steroid dienone is 3. The van der Waals surface area contributed by atoms with Crippen molar-refractivity contribution in [2.75, 3.05) is 26.8 Å². The zero-order valence-corrected chi connectivity index (χ0v) is 16.8. The summed E-state index contributed by atoms with van der Waals surface area (Å²) in [4.78, 5) is 6.91. The van der Waals surface area contributed by atoms with E-state index in [0.717, 1.165) is 41.5 Å². The number of nitrogens with two attached hydrogens (primary N) is 1. The van der Waals surface area contributed by atoms with Gasteiger partial charge in [0.1, 0.15) is 11.2 Å². The smallest absolute Gasteiger partial charge is 0.124 e. The maximum atomic E-state index is 6.46. The summed E-state index contributed by atoms with van der Waals surface area (Å²) in [7, 11) is 1.72. The lowest BCUT2D eigenvalue weighted by Crippen LogP contribution is -2.44. The highest BCUT2D eigenvalue weighted by Crippen LogP contribution is 2.27. The van der Waals surface area contributed by atoms with Crippen LogP contribution in [0.4, 0.5) is 0 Å². The first-order chi connectivity index (χ1) is 12.1. The lowest BCUT2D eigenvalue weighted by molar-refractivity contribution is 0.159. The molecule has 1 aromatic rings. The number of nitrogens with one attached hydrogen (secondary N) is 1. The van der Waals surface area contributed by atoms with Crippen LogP contribution >= 0.6 is 22.9 Å². The summed E-state index contributed by atoms with van der Waals surface area (Å²) in [5, 5.41) is 7.60. The molecule has 0 aliphatic carbocycles. The van der Waals surface area contributed by atoms with Crippen LogP contribution in [0.5, 0.6) is 0 Å². The van der Waals surface area contributed by atoms with Crippen LogP contribution in [0.25, 0.3) is 0 Å². The minimum Gasteiger partial charge on any atom is -0.385 e. The average Bonchev–Trinajstić information content (AvgIpc) is 3.26. The van der Waals surface area contributed by atoms with E-state index >= 15 is 0 Å². The van der Waals surface area contributed by atoms with Crippen molar-refractivity contribution in [3.63, 3.8) is 0 Å². The summed E-state index contributed by atoms with van der Waals surface area (Å²) < 4.78 is 5.31. The number of halogens is 1. The van der Waals surface area contributed by atoms with E-state index in [9.17, 15) is 0 Å². The second kappa shape index (κ2) is 10.4. The fourth-order valence-electron chi connectivity index (χ4n) is 3.05. The van der Waals surface area contributed by atoms with E-state index in [-0.39, 0.29) is 18.2 Å². The lowest BCUT2D eigenvalue weighted by atomic mass is 10.0. The normalized spacial score (nSPS) is 22.4. The van der Waals surface area contributed by atoms with Crippen molar-refractivity contribution in [3.05, 3.63) is 39.3 Å². The minimum atomic E-state index is 0.0421. The maximum absolute atomic E-state index is 6.46. The fourth-order valence-corrected chi connectivity index (χ4v) is 4.03. The molecule has 140 valence electrons. The number of aromatic nitrogens is 1. The van der Waals surface area contributed by atoms with E-state index in [4.69, 9.17) is 22.1 Å². The van der Waals surface area contributed by atoms with E-state index in [2.05, 4.69) is 22.1 Å². The second-order valence-corrected chi connectivity index (χ2v) is 7.68. The van der Waals surface area contributed by atoms with Crippen molar-refractivity contribution >= 4 is 22.9 Å². The summed E-state index contributed by atoms with van der Waals surface area (Å²) in [5.74, 6) is 0. The van der Waals surface area contributed by atoms with Crippen LogP contribution in [-0.4, -0.2) is 48.8 Å². The molecule has 7 heteroatoms. The molecule has 0 saturated carbocycles. The van der Waals surface area contributed by atoms with Crippen LogP contribution in [-0.2, 0) is 4.74 Å². The first kappa shape index (κ1) is 20.6. The first-order valence-corrected chi connectivity index (χ1v) is 9.95. The number of hydrogen-bond acceptors (Lipinski definition) is 6. The van der Waals surface area contributed by atoms with Gasteiger partial charge in [0, 0.05) is 55.5 Å². The molecule has 1 aliphatic heterocycles. The number of rotatable bonds is 9. The van der Waals surface area contributed by atoms with Gasteiger partial charge in [-0.1, -0.05) is 17.7 Å². The predicted octanol–water partition coefficient (Wildman–Crippen LogP) is 3.26. The molecule has 0 spiro atoms. The van der Waals surface area contributed by atoms with E-state index in [0.29, 0.717) is 6.61 Å². The summed E-state index contributed by atoms with van der Waals surface area (Å²) in [5.41, 5.74) is 7.24. The van der Waals surface area contributed by atoms with Crippen molar-refractivity contribution in [1.82, 2.24) is 15.2 Å². The second-order valence-electron chi connectivity index (χ2n) is 6.35. The SMILES string of the molecule is C/C=C\C(Cl)=C(/C)C(CCOC)NC(c1nccs1)N1CC[C@H](N)C1. The molecule has 1 aliphatic rings. The molecule has 0 aromatic carbocycles. The molecule has 3 atom stereocenters. The van der Waals surface area contributed by atoms with Crippen LogP contribution in [0.3, 0.4) is 0 Å². The zero-order chi connectivity index (χ0) is 18.2. The Balaban J connectivity index is 2.23. The number of methoxy groups -OCH3 is 1. The van der Waals surface area contributed by atoms with Gasteiger partial charge >= 0.3 is 0 Å². The van der Waals surface area contributed by atoms with Gasteiger partial charge < -0.3 is 10.5 Å². The van der Waals surface area contributed by atoms with Gasteiger partial charge in [-0.3, -0.25) is 10.2 Å². The Bertz CT molecular complexity index is 576. The number of thiazole rings is 1. The van der Waals surface area contributed by atoms with Crippen molar-refractivity contribution in [1.29, 1.82) is 0 Å². The van der Waals surface area contributed by atoms with Gasteiger partial charge in [0.25, 0.3) is 0 Å².